The van der Waals surface area contributed by atoms with Crippen LogP contribution in [0, 0.1) is 0 Å². The lowest BCUT2D eigenvalue weighted by Crippen LogP contribution is -2.29. The molecule has 0 N–H and O–H groups in total. The van der Waals surface area contributed by atoms with E-state index in [0.717, 1.165) is 18.8 Å². The fraction of sp³-hybridized carbons (Fsp3) is 0.368. The van der Waals surface area contributed by atoms with E-state index in [0.29, 0.717) is 24.1 Å². The minimum Gasteiger partial charge on any atom is -0.462 e. The number of carbonyl (C=O) groups excluding carboxylic acids is 1. The Kier molecular flexibility index (Phi) is 4.60. The fourth-order valence-electron chi connectivity index (χ4n) is 3.29. The van der Waals surface area contributed by atoms with Crippen LogP contribution in [0.25, 0.3) is 0 Å². The van der Waals surface area contributed by atoms with Crippen molar-refractivity contribution in [1.29, 1.82) is 0 Å². The maximum Gasteiger partial charge on any atom is 0.341 e. The lowest BCUT2D eigenvalue weighted by molar-refractivity contribution is 0.0526. The molecule has 2 atom stereocenters. The second-order valence-electron chi connectivity index (χ2n) is 5.94. The average molecular weight is 310 g/mol. The molecule has 0 saturated carbocycles. The summed E-state index contributed by atoms with van der Waals surface area (Å²) >= 11 is 0. The first-order chi connectivity index (χ1) is 11.2. The Hall–Kier alpha value is -2.36. The van der Waals surface area contributed by atoms with Crippen LogP contribution in [0.4, 0.5) is 5.82 Å². The van der Waals surface area contributed by atoms with Crippen molar-refractivity contribution < 1.29 is 9.53 Å². The standard InChI is InChI=1S/C19H22N2O2/c1-3-23-19(22)17-10-7-11-20-18(17)21-13-16(12-14(21)2)15-8-5-4-6-9-15/h4-11,14,16H,3,12-13H2,1-2H3. The highest BCUT2D eigenvalue weighted by molar-refractivity contribution is 5.94. The Morgan fingerprint density at radius 2 is 2.04 bits per heavy atom. The van der Waals surface area contributed by atoms with E-state index in [1.54, 1.807) is 18.3 Å². The molecule has 1 fully saturated rings. The Balaban J connectivity index is 1.86. The summed E-state index contributed by atoms with van der Waals surface area (Å²) in [6.45, 7) is 5.24. The predicted molar refractivity (Wildman–Crippen MR) is 90.8 cm³/mol. The van der Waals surface area contributed by atoms with Crippen LogP contribution < -0.4 is 4.90 Å². The van der Waals surface area contributed by atoms with Crippen molar-refractivity contribution in [3.63, 3.8) is 0 Å². The van der Waals surface area contributed by atoms with Crippen molar-refractivity contribution in [1.82, 2.24) is 4.98 Å². The van der Waals surface area contributed by atoms with Gasteiger partial charge >= 0.3 is 5.97 Å². The van der Waals surface area contributed by atoms with Gasteiger partial charge in [0.25, 0.3) is 0 Å². The molecule has 4 heteroatoms. The van der Waals surface area contributed by atoms with Gasteiger partial charge in [0.2, 0.25) is 0 Å². The van der Waals surface area contributed by atoms with Crippen molar-refractivity contribution in [2.75, 3.05) is 18.1 Å². The minimum atomic E-state index is -0.300. The van der Waals surface area contributed by atoms with Crippen LogP contribution in [0.15, 0.2) is 48.7 Å². The van der Waals surface area contributed by atoms with Gasteiger partial charge in [-0.1, -0.05) is 30.3 Å². The lowest BCUT2D eigenvalue weighted by atomic mass is 9.97. The van der Waals surface area contributed by atoms with Gasteiger partial charge in [-0.2, -0.15) is 0 Å². The zero-order valence-corrected chi connectivity index (χ0v) is 13.6. The van der Waals surface area contributed by atoms with E-state index < -0.39 is 0 Å². The molecule has 0 bridgehead atoms. The van der Waals surface area contributed by atoms with E-state index in [9.17, 15) is 4.79 Å². The number of esters is 1. The van der Waals surface area contributed by atoms with Gasteiger partial charge in [0, 0.05) is 24.7 Å². The Labute approximate surface area is 137 Å². The molecule has 0 spiro atoms. The topological polar surface area (TPSA) is 42.4 Å². The lowest BCUT2D eigenvalue weighted by Gasteiger charge is -2.24. The van der Waals surface area contributed by atoms with Gasteiger partial charge in [0.05, 0.1) is 6.61 Å². The number of anilines is 1. The molecule has 3 rings (SSSR count). The van der Waals surface area contributed by atoms with Gasteiger partial charge < -0.3 is 9.64 Å². The first kappa shape index (κ1) is 15.5. The van der Waals surface area contributed by atoms with E-state index >= 15 is 0 Å². The van der Waals surface area contributed by atoms with Gasteiger partial charge in [-0.15, -0.1) is 0 Å². The normalized spacial score (nSPS) is 20.5. The highest BCUT2D eigenvalue weighted by atomic mass is 16.5. The van der Waals surface area contributed by atoms with E-state index in [1.807, 2.05) is 13.0 Å². The zero-order chi connectivity index (χ0) is 16.2. The predicted octanol–water partition coefficient (Wildman–Crippen LogP) is 3.64. The summed E-state index contributed by atoms with van der Waals surface area (Å²) in [6, 6.07) is 14.5. The summed E-state index contributed by atoms with van der Waals surface area (Å²) in [6.07, 6.45) is 2.80. The molecule has 0 aliphatic carbocycles. The molecular weight excluding hydrogens is 288 g/mol. The third-order valence-corrected chi connectivity index (χ3v) is 4.40. The van der Waals surface area contributed by atoms with E-state index in [2.05, 4.69) is 41.1 Å². The molecule has 1 aromatic carbocycles. The third kappa shape index (κ3) is 3.21. The second kappa shape index (κ2) is 6.82. The number of ether oxygens (including phenoxy) is 1. The fourth-order valence-corrected chi connectivity index (χ4v) is 3.29. The third-order valence-electron chi connectivity index (χ3n) is 4.40. The van der Waals surface area contributed by atoms with Crippen LogP contribution in [-0.4, -0.2) is 30.1 Å². The van der Waals surface area contributed by atoms with Crippen LogP contribution in [0.2, 0.25) is 0 Å². The summed E-state index contributed by atoms with van der Waals surface area (Å²) < 4.78 is 5.17. The summed E-state index contributed by atoms with van der Waals surface area (Å²) in [4.78, 5) is 18.9. The molecule has 4 nitrogen and oxygen atoms in total. The van der Waals surface area contributed by atoms with E-state index in [-0.39, 0.29) is 5.97 Å². The van der Waals surface area contributed by atoms with Gasteiger partial charge in [-0.3, -0.25) is 0 Å². The molecular formula is C19H22N2O2. The van der Waals surface area contributed by atoms with Crippen molar-refractivity contribution in [2.45, 2.75) is 32.2 Å². The van der Waals surface area contributed by atoms with E-state index in [4.69, 9.17) is 4.74 Å². The second-order valence-corrected chi connectivity index (χ2v) is 5.94. The Morgan fingerprint density at radius 3 is 2.78 bits per heavy atom. The minimum absolute atomic E-state index is 0.300. The highest BCUT2D eigenvalue weighted by Crippen LogP contribution is 2.35. The average Bonchev–Trinajstić information content (AvgIpc) is 2.97. The highest BCUT2D eigenvalue weighted by Gasteiger charge is 2.33. The largest absolute Gasteiger partial charge is 0.462 e. The molecule has 120 valence electrons. The molecule has 1 aliphatic rings. The molecule has 1 saturated heterocycles. The van der Waals surface area contributed by atoms with Gasteiger partial charge in [-0.25, -0.2) is 9.78 Å². The summed E-state index contributed by atoms with van der Waals surface area (Å²) in [5.41, 5.74) is 1.89. The molecule has 1 aromatic heterocycles. The van der Waals surface area contributed by atoms with Crippen molar-refractivity contribution in [3.8, 4) is 0 Å². The molecule has 0 amide bonds. The summed E-state index contributed by atoms with van der Waals surface area (Å²) in [7, 11) is 0. The van der Waals surface area contributed by atoms with Crippen molar-refractivity contribution in [3.05, 3.63) is 59.8 Å². The SMILES string of the molecule is CCOC(=O)c1cccnc1N1CC(c2ccccc2)CC1C. The maximum atomic E-state index is 12.2. The van der Waals surface area contributed by atoms with Crippen LogP contribution in [0.1, 0.15) is 42.1 Å². The van der Waals surface area contributed by atoms with Crippen LogP contribution in [-0.2, 0) is 4.74 Å². The smallest absolute Gasteiger partial charge is 0.341 e. The Morgan fingerprint density at radius 1 is 1.26 bits per heavy atom. The Bertz CT molecular complexity index is 672. The molecule has 0 radical (unpaired) electrons. The molecule has 2 aromatic rings. The van der Waals surface area contributed by atoms with Crippen molar-refractivity contribution in [2.24, 2.45) is 0 Å². The monoisotopic (exact) mass is 310 g/mol. The number of pyridine rings is 1. The van der Waals surface area contributed by atoms with Gasteiger partial charge in [0.1, 0.15) is 11.4 Å². The number of carbonyl (C=O) groups is 1. The first-order valence-electron chi connectivity index (χ1n) is 8.14. The van der Waals surface area contributed by atoms with Gasteiger partial charge in [-0.05, 0) is 38.0 Å². The molecule has 2 heterocycles. The molecule has 2 unspecified atom stereocenters. The number of hydrogen-bond donors (Lipinski definition) is 0. The molecule has 1 aliphatic heterocycles. The van der Waals surface area contributed by atoms with Crippen LogP contribution in [0.3, 0.4) is 0 Å². The van der Waals surface area contributed by atoms with Crippen LogP contribution >= 0.6 is 0 Å². The number of nitrogens with zero attached hydrogens (tertiary/aromatic N) is 2. The maximum absolute atomic E-state index is 12.2. The number of hydrogen-bond acceptors (Lipinski definition) is 4. The molecule has 23 heavy (non-hydrogen) atoms. The van der Waals surface area contributed by atoms with Crippen LogP contribution in [0.5, 0.6) is 0 Å². The number of benzene rings is 1. The first-order valence-corrected chi connectivity index (χ1v) is 8.14. The van der Waals surface area contributed by atoms with E-state index in [1.165, 1.54) is 5.56 Å². The van der Waals surface area contributed by atoms with Crippen molar-refractivity contribution >= 4 is 11.8 Å². The number of rotatable bonds is 4. The quantitative estimate of drug-likeness (QED) is 0.809. The summed E-state index contributed by atoms with van der Waals surface area (Å²) in [5.74, 6) is 0.895. The summed E-state index contributed by atoms with van der Waals surface area (Å²) in [5, 5.41) is 0. The zero-order valence-electron chi connectivity index (χ0n) is 13.6. The number of aromatic nitrogens is 1. The van der Waals surface area contributed by atoms with Gasteiger partial charge in [0.15, 0.2) is 0 Å².